The van der Waals surface area contributed by atoms with E-state index in [9.17, 15) is 15.2 Å². The van der Waals surface area contributed by atoms with Gasteiger partial charge in [-0.25, -0.2) is 0 Å². The first-order chi connectivity index (χ1) is 9.97. The molecule has 21 heavy (non-hydrogen) atoms. The molecule has 0 atom stereocenters. The number of nitro groups is 1. The topological polar surface area (TPSA) is 87.8 Å². The molecule has 0 unspecified atom stereocenters. The molecule has 0 saturated carbocycles. The van der Waals surface area contributed by atoms with Gasteiger partial charge in [0, 0.05) is 17.7 Å². The largest absolute Gasteiger partial charge is 0.506 e. The van der Waals surface area contributed by atoms with E-state index < -0.39 is 4.92 Å². The summed E-state index contributed by atoms with van der Waals surface area (Å²) in [5, 5.41) is 24.3. The number of halogens is 2. The van der Waals surface area contributed by atoms with E-state index in [4.69, 9.17) is 0 Å². The molecule has 0 bridgehead atoms. The summed E-state index contributed by atoms with van der Waals surface area (Å²) in [4.78, 5) is 10.2. The molecule has 2 aromatic carbocycles. The number of hydrogen-bond donors (Lipinski definition) is 2. The number of rotatable bonds is 4. The zero-order chi connectivity index (χ0) is 15.4. The second kappa shape index (κ2) is 6.68. The van der Waals surface area contributed by atoms with Crippen LogP contribution in [0.2, 0.25) is 0 Å². The van der Waals surface area contributed by atoms with Crippen LogP contribution in [0.25, 0.3) is 0 Å². The minimum absolute atomic E-state index is 0.00840. The fourth-order valence-corrected chi connectivity index (χ4v) is 2.72. The summed E-state index contributed by atoms with van der Waals surface area (Å²) in [6.45, 7) is 0. The van der Waals surface area contributed by atoms with Gasteiger partial charge in [0.05, 0.1) is 25.8 Å². The van der Waals surface area contributed by atoms with E-state index in [1.54, 1.807) is 24.3 Å². The highest BCUT2D eigenvalue weighted by atomic mass is 79.9. The first kappa shape index (κ1) is 15.5. The van der Waals surface area contributed by atoms with Gasteiger partial charge < -0.3 is 5.11 Å². The molecule has 2 rings (SSSR count). The van der Waals surface area contributed by atoms with E-state index in [-0.39, 0.29) is 11.4 Å². The Bertz CT molecular complexity index is 697. The summed E-state index contributed by atoms with van der Waals surface area (Å²) < 4.78 is 1.04. The average Bonchev–Trinajstić information content (AvgIpc) is 2.45. The number of nitro benzene ring substituents is 1. The number of non-ortho nitro benzene ring substituents is 1. The lowest BCUT2D eigenvalue weighted by atomic mass is 10.2. The lowest BCUT2D eigenvalue weighted by Crippen LogP contribution is -1.93. The summed E-state index contributed by atoms with van der Waals surface area (Å²) in [5.41, 5.74) is 4.04. The van der Waals surface area contributed by atoms with Crippen LogP contribution in [0.5, 0.6) is 5.75 Å². The number of nitrogens with one attached hydrogen (secondary N) is 1. The standard InChI is InChI=1S/C13H9Br2N3O3/c14-11-5-9(6-12(15)13(11)19)17-16-7-8-2-1-3-10(4-8)18(20)21/h1-7,17,19H/b16-7+. The highest BCUT2D eigenvalue weighted by Gasteiger charge is 2.06. The second-order valence-electron chi connectivity index (χ2n) is 4.01. The van der Waals surface area contributed by atoms with Crippen LogP contribution in [-0.4, -0.2) is 16.2 Å². The summed E-state index contributed by atoms with van der Waals surface area (Å²) in [6.07, 6.45) is 1.47. The molecule has 108 valence electrons. The number of nitrogens with zero attached hydrogens (tertiary/aromatic N) is 2. The van der Waals surface area contributed by atoms with Crippen molar-refractivity contribution in [1.82, 2.24) is 0 Å². The Balaban J connectivity index is 2.12. The van der Waals surface area contributed by atoms with Crippen molar-refractivity contribution < 1.29 is 10.0 Å². The molecule has 0 aliphatic carbocycles. The summed E-state index contributed by atoms with van der Waals surface area (Å²) in [7, 11) is 0. The van der Waals surface area contributed by atoms with Crippen LogP contribution in [0.15, 0.2) is 50.4 Å². The molecule has 0 heterocycles. The van der Waals surface area contributed by atoms with Crippen molar-refractivity contribution in [2.24, 2.45) is 5.10 Å². The molecule has 0 radical (unpaired) electrons. The van der Waals surface area contributed by atoms with Crippen molar-refractivity contribution in [3.63, 3.8) is 0 Å². The highest BCUT2D eigenvalue weighted by Crippen LogP contribution is 2.35. The molecule has 6 nitrogen and oxygen atoms in total. The molecule has 0 saturated heterocycles. The smallest absolute Gasteiger partial charge is 0.270 e. The zero-order valence-corrected chi connectivity index (χ0v) is 13.6. The van der Waals surface area contributed by atoms with Crippen LogP contribution in [0, 0.1) is 10.1 Å². The molecule has 0 aliphatic rings. The first-order valence-corrected chi connectivity index (χ1v) is 7.27. The monoisotopic (exact) mass is 413 g/mol. The molecule has 0 amide bonds. The van der Waals surface area contributed by atoms with Crippen molar-refractivity contribution in [3.05, 3.63) is 61.0 Å². The Morgan fingerprint density at radius 3 is 2.52 bits per heavy atom. The van der Waals surface area contributed by atoms with Crippen LogP contribution in [0.3, 0.4) is 0 Å². The Morgan fingerprint density at radius 2 is 1.90 bits per heavy atom. The molecule has 2 N–H and O–H groups in total. The summed E-state index contributed by atoms with van der Waals surface area (Å²) in [6, 6.07) is 9.45. The predicted molar refractivity (Wildman–Crippen MR) is 87.8 cm³/mol. The molecule has 0 fully saturated rings. The third kappa shape index (κ3) is 4.02. The minimum Gasteiger partial charge on any atom is -0.506 e. The molecule has 8 heteroatoms. The third-order valence-corrected chi connectivity index (χ3v) is 3.71. The van der Waals surface area contributed by atoms with Crippen molar-refractivity contribution in [2.45, 2.75) is 0 Å². The maximum absolute atomic E-state index is 10.7. The fraction of sp³-hybridized carbons (Fsp3) is 0. The minimum atomic E-state index is -0.459. The average molecular weight is 415 g/mol. The molecule has 0 aromatic heterocycles. The molecular formula is C13H9Br2N3O3. The van der Waals surface area contributed by atoms with Gasteiger partial charge in [0.25, 0.3) is 5.69 Å². The van der Waals surface area contributed by atoms with E-state index in [2.05, 4.69) is 42.4 Å². The van der Waals surface area contributed by atoms with Gasteiger partial charge in [-0.3, -0.25) is 15.5 Å². The number of hydrogen-bond acceptors (Lipinski definition) is 5. The number of hydrazone groups is 1. The maximum Gasteiger partial charge on any atom is 0.270 e. The van der Waals surface area contributed by atoms with Gasteiger partial charge >= 0.3 is 0 Å². The van der Waals surface area contributed by atoms with E-state index in [0.29, 0.717) is 20.2 Å². The van der Waals surface area contributed by atoms with E-state index >= 15 is 0 Å². The normalized spacial score (nSPS) is 10.8. The van der Waals surface area contributed by atoms with Crippen molar-refractivity contribution >= 4 is 49.4 Å². The van der Waals surface area contributed by atoms with E-state index in [1.165, 1.54) is 18.3 Å². The SMILES string of the molecule is O=[N+]([O-])c1cccc(/C=N/Nc2cc(Br)c(O)c(Br)c2)c1. The van der Waals surface area contributed by atoms with E-state index in [1.807, 2.05) is 0 Å². The Hall–Kier alpha value is -1.93. The van der Waals surface area contributed by atoms with Gasteiger partial charge in [-0.2, -0.15) is 5.10 Å². The van der Waals surface area contributed by atoms with Crippen molar-refractivity contribution in [3.8, 4) is 5.75 Å². The van der Waals surface area contributed by atoms with Gasteiger partial charge in [-0.1, -0.05) is 12.1 Å². The van der Waals surface area contributed by atoms with Crippen LogP contribution in [0.1, 0.15) is 5.56 Å². The number of benzene rings is 2. The van der Waals surface area contributed by atoms with Crippen molar-refractivity contribution in [2.75, 3.05) is 5.43 Å². The van der Waals surface area contributed by atoms with Crippen LogP contribution >= 0.6 is 31.9 Å². The van der Waals surface area contributed by atoms with Gasteiger partial charge in [0.1, 0.15) is 5.75 Å². The number of phenols is 1. The van der Waals surface area contributed by atoms with Crippen LogP contribution in [0.4, 0.5) is 11.4 Å². The molecule has 0 aliphatic heterocycles. The number of anilines is 1. The van der Waals surface area contributed by atoms with E-state index in [0.717, 1.165) is 0 Å². The van der Waals surface area contributed by atoms with Crippen molar-refractivity contribution in [1.29, 1.82) is 0 Å². The first-order valence-electron chi connectivity index (χ1n) is 5.69. The lowest BCUT2D eigenvalue weighted by molar-refractivity contribution is -0.384. The van der Waals surface area contributed by atoms with Gasteiger partial charge in [0.2, 0.25) is 0 Å². The molecular weight excluding hydrogens is 406 g/mol. The van der Waals surface area contributed by atoms with Gasteiger partial charge in [-0.05, 0) is 44.0 Å². The number of phenolic OH excluding ortho intramolecular Hbond substituents is 1. The van der Waals surface area contributed by atoms with Gasteiger partial charge in [0.15, 0.2) is 0 Å². The summed E-state index contributed by atoms with van der Waals surface area (Å²) in [5.74, 6) is 0.100. The third-order valence-electron chi connectivity index (χ3n) is 2.51. The second-order valence-corrected chi connectivity index (χ2v) is 5.72. The van der Waals surface area contributed by atoms with Gasteiger partial charge in [-0.15, -0.1) is 0 Å². The van der Waals surface area contributed by atoms with Crippen LogP contribution in [-0.2, 0) is 0 Å². The quantitative estimate of drug-likeness (QED) is 0.338. The maximum atomic E-state index is 10.7. The molecule has 2 aromatic rings. The van der Waals surface area contributed by atoms with Crippen LogP contribution < -0.4 is 5.43 Å². The lowest BCUT2D eigenvalue weighted by Gasteiger charge is -2.05. The number of aromatic hydroxyl groups is 1. The Kier molecular flexibility index (Phi) is 4.92. The predicted octanol–water partition coefficient (Wildman–Crippen LogP) is 4.27. The summed E-state index contributed by atoms with van der Waals surface area (Å²) >= 11 is 6.42. The molecule has 0 spiro atoms. The zero-order valence-electron chi connectivity index (χ0n) is 10.5. The fourth-order valence-electron chi connectivity index (χ4n) is 1.53. The Labute approximate surface area is 136 Å². The Morgan fingerprint density at radius 1 is 1.24 bits per heavy atom. The highest BCUT2D eigenvalue weighted by molar-refractivity contribution is 9.11.